The Balaban J connectivity index is 1.54. The van der Waals surface area contributed by atoms with Crippen LogP contribution in [0.5, 0.6) is 0 Å². The van der Waals surface area contributed by atoms with Gasteiger partial charge in [0.2, 0.25) is 5.91 Å². The molecule has 4 rings (SSSR count). The van der Waals surface area contributed by atoms with E-state index >= 15 is 0 Å². The van der Waals surface area contributed by atoms with Crippen molar-refractivity contribution in [1.82, 2.24) is 9.97 Å². The van der Waals surface area contributed by atoms with Crippen LogP contribution in [-0.4, -0.2) is 27.0 Å². The van der Waals surface area contributed by atoms with Crippen molar-refractivity contribution in [1.29, 1.82) is 0 Å². The first kappa shape index (κ1) is 17.9. The Morgan fingerprint density at radius 1 is 1.26 bits per heavy atom. The fourth-order valence-electron chi connectivity index (χ4n) is 3.26. The van der Waals surface area contributed by atoms with Gasteiger partial charge >= 0.3 is 0 Å². The third-order valence-corrected chi connectivity index (χ3v) is 6.89. The number of primary amides is 1. The van der Waals surface area contributed by atoms with Gasteiger partial charge in [-0.1, -0.05) is 30.0 Å². The number of nitrogens with one attached hydrogen (secondary N) is 1. The summed E-state index contributed by atoms with van der Waals surface area (Å²) in [6, 6.07) is 7.70. The second kappa shape index (κ2) is 7.28. The summed E-state index contributed by atoms with van der Waals surface area (Å²) in [6.07, 6.45) is 4.32. The Labute approximate surface area is 164 Å². The average Bonchev–Trinajstić information content (AvgIpc) is 3.22. The molecule has 1 atom stereocenters. The van der Waals surface area contributed by atoms with E-state index in [1.54, 1.807) is 0 Å². The van der Waals surface area contributed by atoms with E-state index in [4.69, 9.17) is 5.73 Å². The molecule has 6 nitrogen and oxygen atoms in total. The Morgan fingerprint density at radius 2 is 2.07 bits per heavy atom. The molecule has 1 aromatic carbocycles. The van der Waals surface area contributed by atoms with E-state index in [1.165, 1.54) is 29.4 Å². The van der Waals surface area contributed by atoms with Crippen molar-refractivity contribution in [2.45, 2.75) is 36.5 Å². The molecule has 1 aliphatic rings. The number of thiophene rings is 1. The molecule has 0 saturated heterocycles. The van der Waals surface area contributed by atoms with Crippen molar-refractivity contribution in [3.8, 4) is 0 Å². The molecule has 138 valence electrons. The molecule has 1 aliphatic carbocycles. The highest BCUT2D eigenvalue weighted by Crippen LogP contribution is 2.39. The monoisotopic (exact) mass is 398 g/mol. The Kier molecular flexibility index (Phi) is 4.84. The molecule has 0 fully saturated rings. The minimum Gasteiger partial charge on any atom is -0.365 e. The molecule has 27 heavy (non-hydrogen) atoms. The van der Waals surface area contributed by atoms with Crippen LogP contribution in [0, 0.1) is 0 Å². The van der Waals surface area contributed by atoms with Crippen LogP contribution in [-0.2, 0) is 17.6 Å². The smallest absolute Gasteiger partial charge is 0.251 e. The molecule has 0 saturated carbocycles. The first-order valence-corrected chi connectivity index (χ1v) is 10.4. The van der Waals surface area contributed by atoms with Gasteiger partial charge in [0.15, 0.2) is 0 Å². The van der Waals surface area contributed by atoms with Crippen LogP contribution in [0.2, 0.25) is 0 Å². The van der Waals surface area contributed by atoms with Crippen molar-refractivity contribution in [2.75, 3.05) is 5.32 Å². The van der Waals surface area contributed by atoms with Crippen LogP contribution < -0.4 is 11.1 Å². The number of nitrogens with two attached hydrogens (primary N) is 1. The lowest BCUT2D eigenvalue weighted by Gasteiger charge is -2.12. The van der Waals surface area contributed by atoms with Crippen LogP contribution in [0.25, 0.3) is 10.9 Å². The zero-order valence-electron chi connectivity index (χ0n) is 14.7. The Morgan fingerprint density at radius 3 is 2.89 bits per heavy atom. The van der Waals surface area contributed by atoms with Gasteiger partial charge in [-0.25, -0.2) is 9.97 Å². The zero-order chi connectivity index (χ0) is 19.0. The van der Waals surface area contributed by atoms with Gasteiger partial charge in [-0.3, -0.25) is 9.59 Å². The number of nitrogens with zero attached hydrogens (tertiary/aromatic N) is 2. The maximum absolute atomic E-state index is 12.7. The van der Waals surface area contributed by atoms with Gasteiger partial charge in [-0.05, 0) is 37.8 Å². The molecule has 3 aromatic rings. The number of para-hydroxylation sites is 1. The molecule has 2 aromatic heterocycles. The van der Waals surface area contributed by atoms with Crippen molar-refractivity contribution < 1.29 is 9.59 Å². The summed E-state index contributed by atoms with van der Waals surface area (Å²) in [6.45, 7) is 1.82. The molecule has 8 heteroatoms. The maximum atomic E-state index is 12.7. The van der Waals surface area contributed by atoms with E-state index in [0.717, 1.165) is 45.6 Å². The number of thioether (sulfide) groups is 1. The van der Waals surface area contributed by atoms with E-state index in [-0.39, 0.29) is 11.2 Å². The average molecular weight is 399 g/mol. The summed E-state index contributed by atoms with van der Waals surface area (Å²) >= 11 is 2.83. The number of carbonyl (C=O) groups is 2. The van der Waals surface area contributed by atoms with Gasteiger partial charge in [0.25, 0.3) is 5.91 Å². The summed E-state index contributed by atoms with van der Waals surface area (Å²) in [5, 5.41) is 4.75. The first-order chi connectivity index (χ1) is 13.0. The third-order valence-electron chi connectivity index (χ3n) is 4.57. The summed E-state index contributed by atoms with van der Waals surface area (Å²) in [4.78, 5) is 34.3. The standard InChI is InChI=1S/C19H18N4O2S2/c1-10(26-18-11-5-2-3-7-13(11)21-9-22-18)17(25)23-19-15(16(20)24)12-6-4-8-14(12)27-19/h2-3,5,7,9-10H,4,6,8H2,1H3,(H2,20,24)(H,23,25). The van der Waals surface area contributed by atoms with E-state index in [2.05, 4.69) is 15.3 Å². The summed E-state index contributed by atoms with van der Waals surface area (Å²) in [7, 11) is 0. The number of anilines is 1. The highest BCUT2D eigenvalue weighted by atomic mass is 32.2. The minimum absolute atomic E-state index is 0.176. The van der Waals surface area contributed by atoms with Gasteiger partial charge in [-0.2, -0.15) is 0 Å². The number of aryl methyl sites for hydroxylation is 1. The molecular formula is C19H18N4O2S2. The molecular weight excluding hydrogens is 380 g/mol. The molecule has 1 unspecified atom stereocenters. The van der Waals surface area contributed by atoms with E-state index in [1.807, 2.05) is 31.2 Å². The highest BCUT2D eigenvalue weighted by molar-refractivity contribution is 8.00. The lowest BCUT2D eigenvalue weighted by molar-refractivity contribution is -0.115. The van der Waals surface area contributed by atoms with E-state index in [0.29, 0.717) is 10.6 Å². The molecule has 0 aliphatic heterocycles. The van der Waals surface area contributed by atoms with Gasteiger partial charge in [-0.15, -0.1) is 11.3 Å². The van der Waals surface area contributed by atoms with E-state index in [9.17, 15) is 9.59 Å². The number of benzene rings is 1. The van der Waals surface area contributed by atoms with Crippen molar-refractivity contribution >= 4 is 50.8 Å². The van der Waals surface area contributed by atoms with Gasteiger partial charge in [0.1, 0.15) is 16.4 Å². The fourth-order valence-corrected chi connectivity index (χ4v) is 5.47. The molecule has 2 amide bonds. The number of rotatable bonds is 5. The minimum atomic E-state index is -0.480. The normalized spacial score (nSPS) is 14.1. The van der Waals surface area contributed by atoms with Gasteiger partial charge in [0.05, 0.1) is 16.3 Å². The van der Waals surface area contributed by atoms with Crippen LogP contribution >= 0.6 is 23.1 Å². The number of hydrogen-bond acceptors (Lipinski definition) is 6. The number of aromatic nitrogens is 2. The van der Waals surface area contributed by atoms with Crippen LogP contribution in [0.4, 0.5) is 5.00 Å². The van der Waals surface area contributed by atoms with Crippen LogP contribution in [0.15, 0.2) is 35.6 Å². The highest BCUT2D eigenvalue weighted by Gasteiger charge is 2.27. The molecule has 3 N–H and O–H groups in total. The molecule has 0 radical (unpaired) electrons. The van der Waals surface area contributed by atoms with Crippen molar-refractivity contribution in [3.63, 3.8) is 0 Å². The zero-order valence-corrected chi connectivity index (χ0v) is 16.3. The third kappa shape index (κ3) is 3.42. The molecule has 0 spiro atoms. The molecule has 0 bridgehead atoms. The second-order valence-electron chi connectivity index (χ2n) is 6.37. The van der Waals surface area contributed by atoms with Gasteiger partial charge in [0, 0.05) is 10.3 Å². The number of amides is 2. The second-order valence-corrected chi connectivity index (χ2v) is 8.81. The number of carbonyl (C=O) groups excluding carboxylic acids is 2. The first-order valence-electron chi connectivity index (χ1n) is 8.66. The van der Waals surface area contributed by atoms with Crippen molar-refractivity contribution in [2.24, 2.45) is 5.73 Å². The topological polar surface area (TPSA) is 98.0 Å². The van der Waals surface area contributed by atoms with Gasteiger partial charge < -0.3 is 11.1 Å². The lowest BCUT2D eigenvalue weighted by atomic mass is 10.1. The largest absolute Gasteiger partial charge is 0.365 e. The Bertz CT molecular complexity index is 1040. The summed E-state index contributed by atoms with van der Waals surface area (Å²) in [5.41, 5.74) is 7.89. The van der Waals surface area contributed by atoms with Crippen LogP contribution in [0.1, 0.15) is 34.1 Å². The fraction of sp³-hybridized carbons (Fsp3) is 0.263. The predicted molar refractivity (Wildman–Crippen MR) is 108 cm³/mol. The predicted octanol–water partition coefficient (Wildman–Crippen LogP) is 3.40. The van der Waals surface area contributed by atoms with E-state index < -0.39 is 5.91 Å². The quantitative estimate of drug-likeness (QED) is 0.507. The SMILES string of the molecule is CC(Sc1ncnc2ccccc12)C(=O)Nc1sc2c(c1C(N)=O)CCC2. The summed E-state index contributed by atoms with van der Waals surface area (Å²) < 4.78 is 0. The lowest BCUT2D eigenvalue weighted by Crippen LogP contribution is -2.24. The Hall–Kier alpha value is -2.45. The maximum Gasteiger partial charge on any atom is 0.251 e. The van der Waals surface area contributed by atoms with Crippen LogP contribution in [0.3, 0.4) is 0 Å². The summed E-state index contributed by atoms with van der Waals surface area (Å²) in [5.74, 6) is -0.656. The molecule has 2 heterocycles. The van der Waals surface area contributed by atoms with Crippen molar-refractivity contribution in [3.05, 3.63) is 46.6 Å². The number of hydrogen-bond donors (Lipinski definition) is 2. The number of fused-ring (bicyclic) bond motifs is 2.